The second-order valence-corrected chi connectivity index (χ2v) is 7.05. The van der Waals surface area contributed by atoms with Gasteiger partial charge in [0.15, 0.2) is 0 Å². The number of aromatic nitrogens is 5. The van der Waals surface area contributed by atoms with Crippen molar-refractivity contribution in [3.8, 4) is 28.5 Å². The SMILES string of the molecule is FC(F)(F)Oc1cc2nc(-c3cccc(Nc4ccc(-c5cnccn5)cc4)c3)[nH]c2cn1. The summed E-state index contributed by atoms with van der Waals surface area (Å²) in [4.78, 5) is 19.5. The maximum Gasteiger partial charge on any atom is 0.574 e. The first-order chi connectivity index (χ1) is 15.9. The Morgan fingerprint density at radius 3 is 2.45 bits per heavy atom. The summed E-state index contributed by atoms with van der Waals surface area (Å²) in [6, 6.07) is 16.4. The van der Waals surface area contributed by atoms with Crippen molar-refractivity contribution < 1.29 is 17.9 Å². The number of rotatable bonds is 5. The number of nitrogens with zero attached hydrogens (tertiary/aromatic N) is 4. The zero-order chi connectivity index (χ0) is 22.8. The van der Waals surface area contributed by atoms with Gasteiger partial charge in [0.1, 0.15) is 5.82 Å². The lowest BCUT2D eigenvalue weighted by molar-refractivity contribution is -0.276. The van der Waals surface area contributed by atoms with Gasteiger partial charge in [-0.15, -0.1) is 13.2 Å². The molecule has 0 bridgehead atoms. The highest BCUT2D eigenvalue weighted by Crippen LogP contribution is 2.28. The normalized spacial score (nSPS) is 11.5. The molecule has 0 radical (unpaired) electrons. The predicted octanol–water partition coefficient (Wildman–Crippen LogP) is 5.72. The molecule has 0 saturated heterocycles. The molecule has 2 N–H and O–H groups in total. The zero-order valence-electron chi connectivity index (χ0n) is 16.8. The molecule has 0 spiro atoms. The molecule has 3 aromatic heterocycles. The van der Waals surface area contributed by atoms with Crippen LogP contribution in [0, 0.1) is 0 Å². The Morgan fingerprint density at radius 2 is 1.70 bits per heavy atom. The molecule has 33 heavy (non-hydrogen) atoms. The predicted molar refractivity (Wildman–Crippen MR) is 117 cm³/mol. The third-order valence-corrected chi connectivity index (χ3v) is 4.73. The summed E-state index contributed by atoms with van der Waals surface area (Å²) in [5.41, 5.74) is 5.00. The van der Waals surface area contributed by atoms with Gasteiger partial charge in [0.2, 0.25) is 5.88 Å². The van der Waals surface area contributed by atoms with Crippen LogP contribution in [0.25, 0.3) is 33.7 Å². The Balaban J connectivity index is 1.36. The number of H-pyrrole nitrogens is 1. The topological polar surface area (TPSA) is 88.6 Å². The van der Waals surface area contributed by atoms with Gasteiger partial charge < -0.3 is 15.0 Å². The molecule has 3 heterocycles. The highest BCUT2D eigenvalue weighted by atomic mass is 19.4. The number of aromatic amines is 1. The lowest BCUT2D eigenvalue weighted by Crippen LogP contribution is -2.17. The van der Waals surface area contributed by atoms with Crippen LogP contribution in [0.2, 0.25) is 0 Å². The molecule has 5 rings (SSSR count). The fourth-order valence-corrected chi connectivity index (χ4v) is 3.29. The summed E-state index contributed by atoms with van der Waals surface area (Å²) in [5, 5.41) is 3.33. The van der Waals surface area contributed by atoms with Crippen LogP contribution >= 0.6 is 0 Å². The lowest BCUT2D eigenvalue weighted by Gasteiger charge is -2.08. The van der Waals surface area contributed by atoms with Crippen LogP contribution in [-0.2, 0) is 0 Å². The lowest BCUT2D eigenvalue weighted by atomic mass is 10.1. The second kappa shape index (κ2) is 8.23. The Morgan fingerprint density at radius 1 is 0.848 bits per heavy atom. The van der Waals surface area contributed by atoms with Crippen molar-refractivity contribution in [3.63, 3.8) is 0 Å². The molecule has 5 aromatic rings. The summed E-state index contributed by atoms with van der Waals surface area (Å²) in [6.07, 6.45) is 1.42. The monoisotopic (exact) mass is 448 g/mol. The summed E-state index contributed by atoms with van der Waals surface area (Å²) < 4.78 is 41.2. The number of anilines is 2. The van der Waals surface area contributed by atoms with Crippen molar-refractivity contribution in [1.82, 2.24) is 24.9 Å². The summed E-state index contributed by atoms with van der Waals surface area (Å²) in [7, 11) is 0. The third-order valence-electron chi connectivity index (χ3n) is 4.73. The number of hydrogen-bond acceptors (Lipinski definition) is 6. The summed E-state index contributed by atoms with van der Waals surface area (Å²) in [6.45, 7) is 0. The van der Waals surface area contributed by atoms with E-state index in [0.717, 1.165) is 34.3 Å². The average molecular weight is 448 g/mol. The van der Waals surface area contributed by atoms with Crippen LogP contribution in [0.5, 0.6) is 5.88 Å². The number of imidazole rings is 1. The van der Waals surface area contributed by atoms with Crippen molar-refractivity contribution >= 4 is 22.4 Å². The van der Waals surface area contributed by atoms with E-state index in [9.17, 15) is 13.2 Å². The second-order valence-electron chi connectivity index (χ2n) is 7.05. The van der Waals surface area contributed by atoms with Crippen LogP contribution < -0.4 is 10.1 Å². The maximum absolute atomic E-state index is 12.4. The molecule has 0 aliphatic carbocycles. The molecule has 0 amide bonds. The average Bonchev–Trinajstić information content (AvgIpc) is 3.23. The number of hydrogen-bond donors (Lipinski definition) is 2. The first-order valence-electron chi connectivity index (χ1n) is 9.78. The van der Waals surface area contributed by atoms with Gasteiger partial charge in [0.05, 0.1) is 29.1 Å². The number of pyridine rings is 1. The molecule has 0 aliphatic rings. The van der Waals surface area contributed by atoms with Crippen LogP contribution in [0.15, 0.2) is 79.4 Å². The number of alkyl halides is 3. The van der Waals surface area contributed by atoms with Crippen LogP contribution in [-0.4, -0.2) is 31.3 Å². The number of nitrogens with one attached hydrogen (secondary N) is 2. The van der Waals surface area contributed by atoms with Gasteiger partial charge in [-0.05, 0) is 24.3 Å². The molecule has 0 saturated carbocycles. The third kappa shape index (κ3) is 4.74. The van der Waals surface area contributed by atoms with Crippen LogP contribution in [0.1, 0.15) is 0 Å². The first-order valence-corrected chi connectivity index (χ1v) is 9.78. The van der Waals surface area contributed by atoms with Gasteiger partial charge in [0, 0.05) is 41.0 Å². The van der Waals surface area contributed by atoms with E-state index in [0.29, 0.717) is 16.9 Å². The highest BCUT2D eigenvalue weighted by molar-refractivity contribution is 5.80. The van der Waals surface area contributed by atoms with Gasteiger partial charge >= 0.3 is 6.36 Å². The minimum Gasteiger partial charge on any atom is -0.388 e. The van der Waals surface area contributed by atoms with E-state index in [1.165, 1.54) is 6.20 Å². The minimum atomic E-state index is -4.81. The molecule has 164 valence electrons. The Bertz CT molecular complexity index is 1400. The molecule has 0 aliphatic heterocycles. The minimum absolute atomic E-state index is 0.317. The van der Waals surface area contributed by atoms with E-state index in [2.05, 4.69) is 35.0 Å². The van der Waals surface area contributed by atoms with Gasteiger partial charge in [-0.2, -0.15) is 0 Å². The Labute approximate surface area is 185 Å². The number of ether oxygens (including phenoxy) is 1. The first kappa shape index (κ1) is 20.4. The van der Waals surface area contributed by atoms with Crippen LogP contribution in [0.4, 0.5) is 24.5 Å². The molecule has 0 fully saturated rings. The molecule has 7 nitrogen and oxygen atoms in total. The van der Waals surface area contributed by atoms with Crippen molar-refractivity contribution in [3.05, 3.63) is 79.4 Å². The molecular formula is C23H15F3N6O. The number of fused-ring (bicyclic) bond motifs is 1. The summed E-state index contributed by atoms with van der Waals surface area (Å²) >= 11 is 0. The number of benzene rings is 2. The van der Waals surface area contributed by atoms with Crippen molar-refractivity contribution in [2.75, 3.05) is 5.32 Å². The molecule has 2 aromatic carbocycles. The maximum atomic E-state index is 12.4. The van der Waals surface area contributed by atoms with Crippen molar-refractivity contribution in [2.24, 2.45) is 0 Å². The fraction of sp³-hybridized carbons (Fsp3) is 0.0435. The Kier molecular flexibility index (Phi) is 5.09. The quantitative estimate of drug-likeness (QED) is 0.357. The smallest absolute Gasteiger partial charge is 0.388 e. The van der Waals surface area contributed by atoms with Crippen molar-refractivity contribution in [1.29, 1.82) is 0 Å². The molecular weight excluding hydrogens is 433 g/mol. The van der Waals surface area contributed by atoms with E-state index in [4.69, 9.17) is 0 Å². The van der Waals surface area contributed by atoms with E-state index < -0.39 is 12.2 Å². The largest absolute Gasteiger partial charge is 0.574 e. The molecule has 10 heteroatoms. The fourth-order valence-electron chi connectivity index (χ4n) is 3.29. The standard InChI is InChI=1S/C23H15F3N6O/c24-23(25,26)33-21-11-18-20(13-29-21)32-22(31-18)15-2-1-3-17(10-15)30-16-6-4-14(5-7-16)19-12-27-8-9-28-19/h1-13,30H,(H,31,32). The molecule has 0 unspecified atom stereocenters. The summed E-state index contributed by atoms with van der Waals surface area (Å²) in [5.74, 6) is -0.0639. The van der Waals surface area contributed by atoms with E-state index in [1.807, 2.05) is 48.5 Å². The van der Waals surface area contributed by atoms with Gasteiger partial charge in [-0.25, -0.2) is 9.97 Å². The van der Waals surface area contributed by atoms with Crippen LogP contribution in [0.3, 0.4) is 0 Å². The van der Waals surface area contributed by atoms with Gasteiger partial charge in [-0.3, -0.25) is 9.97 Å². The molecule has 0 atom stereocenters. The highest BCUT2D eigenvalue weighted by Gasteiger charge is 2.32. The van der Waals surface area contributed by atoms with Gasteiger partial charge in [-0.1, -0.05) is 24.3 Å². The van der Waals surface area contributed by atoms with Crippen molar-refractivity contribution in [2.45, 2.75) is 6.36 Å². The number of halogens is 3. The van der Waals surface area contributed by atoms with Gasteiger partial charge in [0.25, 0.3) is 0 Å². The van der Waals surface area contributed by atoms with E-state index in [-0.39, 0.29) is 0 Å². The Hall–Kier alpha value is -4.47. The van der Waals surface area contributed by atoms with E-state index >= 15 is 0 Å². The van der Waals surface area contributed by atoms with E-state index in [1.54, 1.807) is 18.6 Å². The zero-order valence-corrected chi connectivity index (χ0v) is 16.8.